The van der Waals surface area contributed by atoms with E-state index < -0.39 is 0 Å². The second-order valence-corrected chi connectivity index (χ2v) is 5.42. The molecule has 1 saturated heterocycles. The number of oxime groups is 1. The summed E-state index contributed by atoms with van der Waals surface area (Å²) in [6, 6.07) is 18.8. The van der Waals surface area contributed by atoms with Gasteiger partial charge in [0.05, 0.1) is 24.9 Å². The minimum absolute atomic E-state index is 0.0662. The van der Waals surface area contributed by atoms with Crippen molar-refractivity contribution in [3.05, 3.63) is 54.6 Å². The number of aliphatic hydroxyl groups excluding tert-OH is 1. The van der Waals surface area contributed by atoms with Crippen LogP contribution in [-0.2, 0) is 4.84 Å². The van der Waals surface area contributed by atoms with E-state index >= 15 is 0 Å². The SMILES string of the molecule is CON=C1CC(CO)N(c2ccc(-c3ccccc3)cc2)C1. The molecule has 1 aliphatic heterocycles. The fourth-order valence-corrected chi connectivity index (χ4v) is 2.91. The molecular weight excluding hydrogens is 276 g/mol. The van der Waals surface area contributed by atoms with Crippen molar-refractivity contribution in [3.8, 4) is 11.1 Å². The van der Waals surface area contributed by atoms with Gasteiger partial charge in [-0.3, -0.25) is 0 Å². The Bertz CT molecular complexity index is 638. The van der Waals surface area contributed by atoms with Crippen molar-refractivity contribution in [2.75, 3.05) is 25.2 Å². The number of nitrogens with zero attached hydrogens (tertiary/aromatic N) is 2. The summed E-state index contributed by atoms with van der Waals surface area (Å²) in [5.41, 5.74) is 4.46. The maximum Gasteiger partial charge on any atom is 0.106 e. The molecule has 0 aromatic heterocycles. The number of anilines is 1. The van der Waals surface area contributed by atoms with Gasteiger partial charge in [-0.05, 0) is 23.3 Å². The molecule has 2 aromatic carbocycles. The highest BCUT2D eigenvalue weighted by atomic mass is 16.6. The first-order valence-electron chi connectivity index (χ1n) is 7.43. The van der Waals surface area contributed by atoms with Crippen LogP contribution in [0.5, 0.6) is 0 Å². The first kappa shape index (κ1) is 14.6. The Morgan fingerprint density at radius 2 is 1.77 bits per heavy atom. The number of hydrogen-bond acceptors (Lipinski definition) is 4. The van der Waals surface area contributed by atoms with E-state index in [1.54, 1.807) is 7.11 Å². The molecule has 0 radical (unpaired) electrons. The largest absolute Gasteiger partial charge is 0.399 e. The molecule has 0 aliphatic carbocycles. The molecular formula is C18H20N2O2. The topological polar surface area (TPSA) is 45.1 Å². The fourth-order valence-electron chi connectivity index (χ4n) is 2.91. The van der Waals surface area contributed by atoms with Crippen LogP contribution in [0, 0.1) is 0 Å². The van der Waals surface area contributed by atoms with Gasteiger partial charge in [0.25, 0.3) is 0 Å². The van der Waals surface area contributed by atoms with E-state index in [4.69, 9.17) is 4.84 Å². The first-order valence-corrected chi connectivity index (χ1v) is 7.43. The van der Waals surface area contributed by atoms with Crippen molar-refractivity contribution >= 4 is 11.4 Å². The van der Waals surface area contributed by atoms with E-state index in [9.17, 15) is 5.11 Å². The van der Waals surface area contributed by atoms with Crippen LogP contribution in [0.3, 0.4) is 0 Å². The van der Waals surface area contributed by atoms with Crippen LogP contribution in [0.15, 0.2) is 59.8 Å². The van der Waals surface area contributed by atoms with E-state index in [0.29, 0.717) is 6.54 Å². The number of hydrogen-bond donors (Lipinski definition) is 1. The number of rotatable bonds is 4. The molecule has 4 nitrogen and oxygen atoms in total. The molecule has 0 spiro atoms. The first-order chi connectivity index (χ1) is 10.8. The summed E-state index contributed by atoms with van der Waals surface area (Å²) in [5.74, 6) is 0. The van der Waals surface area contributed by atoms with Crippen LogP contribution in [0.2, 0.25) is 0 Å². The lowest BCUT2D eigenvalue weighted by molar-refractivity contribution is 0.212. The van der Waals surface area contributed by atoms with Crippen molar-refractivity contribution in [1.82, 2.24) is 0 Å². The zero-order chi connectivity index (χ0) is 15.4. The van der Waals surface area contributed by atoms with Crippen LogP contribution in [0.1, 0.15) is 6.42 Å². The zero-order valence-corrected chi connectivity index (χ0v) is 12.6. The average Bonchev–Trinajstić information content (AvgIpc) is 2.99. The minimum Gasteiger partial charge on any atom is -0.399 e. The van der Waals surface area contributed by atoms with Crippen LogP contribution in [-0.4, -0.2) is 37.1 Å². The normalized spacial score (nSPS) is 19.6. The van der Waals surface area contributed by atoms with Crippen LogP contribution >= 0.6 is 0 Å². The van der Waals surface area contributed by atoms with Gasteiger partial charge in [0.2, 0.25) is 0 Å². The molecule has 1 heterocycles. The highest BCUT2D eigenvalue weighted by Gasteiger charge is 2.29. The van der Waals surface area contributed by atoms with Gasteiger partial charge in [-0.2, -0.15) is 0 Å². The molecule has 4 heteroatoms. The Morgan fingerprint density at radius 1 is 1.09 bits per heavy atom. The molecule has 2 aromatic rings. The Kier molecular flexibility index (Phi) is 4.39. The molecule has 22 heavy (non-hydrogen) atoms. The minimum atomic E-state index is 0.0662. The second-order valence-electron chi connectivity index (χ2n) is 5.42. The van der Waals surface area contributed by atoms with E-state index in [2.05, 4.69) is 46.5 Å². The van der Waals surface area contributed by atoms with Gasteiger partial charge in [0.1, 0.15) is 7.11 Å². The molecule has 114 valence electrons. The van der Waals surface area contributed by atoms with E-state index in [0.717, 1.165) is 17.8 Å². The lowest BCUT2D eigenvalue weighted by atomic mass is 10.1. The Balaban J connectivity index is 1.82. The number of aliphatic hydroxyl groups is 1. The summed E-state index contributed by atoms with van der Waals surface area (Å²) < 4.78 is 0. The quantitative estimate of drug-likeness (QED) is 0.882. The molecule has 1 fully saturated rings. The maximum atomic E-state index is 9.58. The van der Waals surface area contributed by atoms with E-state index in [1.165, 1.54) is 11.1 Å². The third kappa shape index (κ3) is 2.97. The molecule has 1 atom stereocenters. The monoisotopic (exact) mass is 296 g/mol. The van der Waals surface area contributed by atoms with Gasteiger partial charge in [0, 0.05) is 12.1 Å². The maximum absolute atomic E-state index is 9.58. The summed E-state index contributed by atoms with van der Waals surface area (Å²) >= 11 is 0. The predicted molar refractivity (Wildman–Crippen MR) is 89.2 cm³/mol. The summed E-state index contributed by atoms with van der Waals surface area (Å²) in [6.07, 6.45) is 0.741. The van der Waals surface area contributed by atoms with Crippen LogP contribution in [0.25, 0.3) is 11.1 Å². The third-order valence-corrected chi connectivity index (χ3v) is 4.00. The third-order valence-electron chi connectivity index (χ3n) is 4.00. The lowest BCUT2D eigenvalue weighted by Gasteiger charge is -2.24. The number of benzene rings is 2. The van der Waals surface area contributed by atoms with Gasteiger partial charge in [-0.15, -0.1) is 0 Å². The molecule has 0 bridgehead atoms. The highest BCUT2D eigenvalue weighted by Crippen LogP contribution is 2.27. The average molecular weight is 296 g/mol. The van der Waals surface area contributed by atoms with Crippen LogP contribution < -0.4 is 4.90 Å². The molecule has 3 rings (SSSR count). The standard InChI is InChI=1S/C18H20N2O2/c1-22-19-16-11-18(13-21)20(12-16)17-9-7-15(8-10-17)14-5-3-2-4-6-14/h2-10,18,21H,11-13H2,1H3. The smallest absolute Gasteiger partial charge is 0.106 e. The van der Waals surface area contributed by atoms with Crippen molar-refractivity contribution in [1.29, 1.82) is 0 Å². The zero-order valence-electron chi connectivity index (χ0n) is 12.6. The van der Waals surface area contributed by atoms with Gasteiger partial charge < -0.3 is 14.8 Å². The highest BCUT2D eigenvalue weighted by molar-refractivity contribution is 5.92. The Morgan fingerprint density at radius 3 is 2.41 bits per heavy atom. The molecule has 1 aliphatic rings. The Labute approximate surface area is 130 Å². The van der Waals surface area contributed by atoms with Crippen molar-refractivity contribution in [2.24, 2.45) is 5.16 Å². The predicted octanol–water partition coefficient (Wildman–Crippen LogP) is 2.93. The summed E-state index contributed by atoms with van der Waals surface area (Å²) in [4.78, 5) is 7.03. The second kappa shape index (κ2) is 6.62. The van der Waals surface area contributed by atoms with E-state index in [-0.39, 0.29) is 12.6 Å². The summed E-state index contributed by atoms with van der Waals surface area (Å²) in [7, 11) is 1.55. The molecule has 1 unspecified atom stereocenters. The van der Waals surface area contributed by atoms with Crippen molar-refractivity contribution < 1.29 is 9.94 Å². The van der Waals surface area contributed by atoms with Crippen molar-refractivity contribution in [3.63, 3.8) is 0 Å². The van der Waals surface area contributed by atoms with Crippen molar-refractivity contribution in [2.45, 2.75) is 12.5 Å². The lowest BCUT2D eigenvalue weighted by Crippen LogP contribution is -2.32. The van der Waals surface area contributed by atoms with E-state index in [1.807, 2.05) is 18.2 Å². The fraction of sp³-hybridized carbons (Fsp3) is 0.278. The summed E-state index contributed by atoms with van der Waals surface area (Å²) in [5, 5.41) is 13.6. The van der Waals surface area contributed by atoms with Crippen LogP contribution in [0.4, 0.5) is 5.69 Å². The van der Waals surface area contributed by atoms with Gasteiger partial charge >= 0.3 is 0 Å². The van der Waals surface area contributed by atoms with Gasteiger partial charge in [-0.1, -0.05) is 47.6 Å². The Hall–Kier alpha value is -2.33. The summed E-state index contributed by atoms with van der Waals surface area (Å²) in [6.45, 7) is 0.812. The molecule has 1 N–H and O–H groups in total. The van der Waals surface area contributed by atoms with Gasteiger partial charge in [0.15, 0.2) is 0 Å². The van der Waals surface area contributed by atoms with Gasteiger partial charge in [-0.25, -0.2) is 0 Å². The molecule has 0 saturated carbocycles. The molecule has 0 amide bonds.